The van der Waals surface area contributed by atoms with E-state index in [0.717, 1.165) is 51.1 Å². The van der Waals surface area contributed by atoms with Crippen molar-refractivity contribution in [1.82, 2.24) is 25.0 Å². The number of hydrogen-bond donors (Lipinski definition) is 1. The van der Waals surface area contributed by atoms with Crippen molar-refractivity contribution in [3.05, 3.63) is 12.2 Å². The van der Waals surface area contributed by atoms with E-state index in [4.69, 9.17) is 0 Å². The topological polar surface area (TPSA) is 63.1 Å². The Balaban J connectivity index is 1.51. The summed E-state index contributed by atoms with van der Waals surface area (Å²) in [5.41, 5.74) is 0. The predicted octanol–water partition coefficient (Wildman–Crippen LogP) is 0.696. The van der Waals surface area contributed by atoms with E-state index in [1.165, 1.54) is 6.42 Å². The van der Waals surface area contributed by atoms with Crippen molar-refractivity contribution in [3.8, 4) is 0 Å². The molecule has 1 aromatic rings. The van der Waals surface area contributed by atoms with E-state index >= 15 is 0 Å². The Labute approximate surface area is 119 Å². The second-order valence-electron chi connectivity index (χ2n) is 6.01. The third-order valence-corrected chi connectivity index (χ3v) is 4.50. The van der Waals surface area contributed by atoms with Gasteiger partial charge < -0.3 is 5.32 Å². The maximum absolute atomic E-state index is 12.0. The number of aryl methyl sites for hydroxylation is 1. The van der Waals surface area contributed by atoms with Gasteiger partial charge in [0.25, 0.3) is 0 Å². The molecule has 1 amide bonds. The molecule has 20 heavy (non-hydrogen) atoms. The Morgan fingerprint density at radius 1 is 1.40 bits per heavy atom. The van der Waals surface area contributed by atoms with Gasteiger partial charge in [-0.15, -0.1) is 0 Å². The summed E-state index contributed by atoms with van der Waals surface area (Å²) in [7, 11) is 1.92. The van der Waals surface area contributed by atoms with Gasteiger partial charge in [0.1, 0.15) is 12.2 Å². The fourth-order valence-corrected chi connectivity index (χ4v) is 2.97. The number of hydrogen-bond acceptors (Lipinski definition) is 4. The molecule has 0 spiro atoms. The Kier molecular flexibility index (Phi) is 4.00. The van der Waals surface area contributed by atoms with Gasteiger partial charge in [-0.25, -0.2) is 4.98 Å². The molecule has 2 aliphatic rings. The molecule has 1 aliphatic heterocycles. The average molecular weight is 277 g/mol. The SMILES string of the molecule is Cn1ncnc1CN1CCCC(NC(=O)C2CCC2)C1. The van der Waals surface area contributed by atoms with Gasteiger partial charge in [-0.1, -0.05) is 6.42 Å². The summed E-state index contributed by atoms with van der Waals surface area (Å²) >= 11 is 0. The van der Waals surface area contributed by atoms with Crippen LogP contribution in [0.4, 0.5) is 0 Å². The molecule has 110 valence electrons. The zero-order chi connectivity index (χ0) is 13.9. The third-order valence-electron chi connectivity index (χ3n) is 4.50. The van der Waals surface area contributed by atoms with Gasteiger partial charge in [-0.2, -0.15) is 5.10 Å². The van der Waals surface area contributed by atoms with E-state index in [-0.39, 0.29) is 11.8 Å². The lowest BCUT2D eigenvalue weighted by molar-refractivity contribution is -0.128. The van der Waals surface area contributed by atoms with Crippen LogP contribution in [0.1, 0.15) is 37.9 Å². The molecule has 0 radical (unpaired) electrons. The first-order valence-electron chi connectivity index (χ1n) is 7.58. The summed E-state index contributed by atoms with van der Waals surface area (Å²) in [6.07, 6.45) is 7.17. The van der Waals surface area contributed by atoms with Gasteiger partial charge in [-0.05, 0) is 32.2 Å². The predicted molar refractivity (Wildman–Crippen MR) is 74.8 cm³/mol. The van der Waals surface area contributed by atoms with Gasteiger partial charge >= 0.3 is 0 Å². The quantitative estimate of drug-likeness (QED) is 0.880. The molecular formula is C14H23N5O. The molecular weight excluding hydrogens is 254 g/mol. The van der Waals surface area contributed by atoms with Crippen molar-refractivity contribution in [2.75, 3.05) is 13.1 Å². The Hall–Kier alpha value is -1.43. The lowest BCUT2D eigenvalue weighted by atomic mass is 9.84. The standard InChI is InChI=1S/C14H23N5O/c1-18-13(15-10-16-18)9-19-7-3-6-12(8-19)17-14(20)11-4-2-5-11/h10-12H,2-9H2,1H3,(H,17,20). The van der Waals surface area contributed by atoms with Crippen LogP contribution >= 0.6 is 0 Å². The van der Waals surface area contributed by atoms with E-state index in [1.54, 1.807) is 6.33 Å². The first kappa shape index (κ1) is 13.5. The minimum Gasteiger partial charge on any atom is -0.352 e. The molecule has 6 nitrogen and oxygen atoms in total. The highest BCUT2D eigenvalue weighted by molar-refractivity contribution is 5.79. The monoisotopic (exact) mass is 277 g/mol. The summed E-state index contributed by atoms with van der Waals surface area (Å²) < 4.78 is 1.82. The Morgan fingerprint density at radius 2 is 2.25 bits per heavy atom. The molecule has 2 heterocycles. The van der Waals surface area contributed by atoms with Crippen molar-refractivity contribution in [2.24, 2.45) is 13.0 Å². The molecule has 2 fully saturated rings. The molecule has 1 saturated carbocycles. The number of rotatable bonds is 4. The molecule has 1 aromatic heterocycles. The molecule has 6 heteroatoms. The minimum absolute atomic E-state index is 0.266. The zero-order valence-corrected chi connectivity index (χ0v) is 12.1. The van der Waals surface area contributed by atoms with E-state index < -0.39 is 0 Å². The molecule has 0 aromatic carbocycles. The van der Waals surface area contributed by atoms with Gasteiger partial charge in [0.2, 0.25) is 5.91 Å². The minimum atomic E-state index is 0.266. The summed E-state index contributed by atoms with van der Waals surface area (Å²) in [6, 6.07) is 0.296. The highest BCUT2D eigenvalue weighted by Crippen LogP contribution is 2.26. The number of aromatic nitrogens is 3. The van der Waals surface area contributed by atoms with Crippen molar-refractivity contribution in [3.63, 3.8) is 0 Å². The third kappa shape index (κ3) is 3.00. The van der Waals surface area contributed by atoms with Crippen LogP contribution in [0.15, 0.2) is 6.33 Å². The number of carbonyl (C=O) groups excluding carboxylic acids is 1. The number of nitrogens with zero attached hydrogens (tertiary/aromatic N) is 4. The molecule has 1 N–H and O–H groups in total. The van der Waals surface area contributed by atoms with Crippen molar-refractivity contribution < 1.29 is 4.79 Å². The van der Waals surface area contributed by atoms with Gasteiger partial charge in [0, 0.05) is 25.6 Å². The lowest BCUT2D eigenvalue weighted by Crippen LogP contribution is -2.49. The highest BCUT2D eigenvalue weighted by atomic mass is 16.2. The van der Waals surface area contributed by atoms with Crippen LogP contribution in [-0.2, 0) is 18.4 Å². The summed E-state index contributed by atoms with van der Waals surface area (Å²) in [4.78, 5) is 18.6. The molecule has 1 aliphatic carbocycles. The number of likely N-dealkylation sites (tertiary alicyclic amines) is 1. The van der Waals surface area contributed by atoms with Gasteiger partial charge in [-0.3, -0.25) is 14.4 Å². The fraction of sp³-hybridized carbons (Fsp3) is 0.786. The largest absolute Gasteiger partial charge is 0.352 e. The zero-order valence-electron chi connectivity index (χ0n) is 12.1. The van der Waals surface area contributed by atoms with E-state index in [9.17, 15) is 4.79 Å². The molecule has 1 unspecified atom stereocenters. The van der Waals surface area contributed by atoms with Gasteiger partial charge in [0.05, 0.1) is 6.54 Å². The number of piperidine rings is 1. The summed E-state index contributed by atoms with van der Waals surface area (Å²) in [5.74, 6) is 1.53. The van der Waals surface area contributed by atoms with Crippen LogP contribution in [0.25, 0.3) is 0 Å². The smallest absolute Gasteiger partial charge is 0.223 e. The summed E-state index contributed by atoms with van der Waals surface area (Å²) in [6.45, 7) is 2.81. The van der Waals surface area contributed by atoms with Crippen molar-refractivity contribution >= 4 is 5.91 Å². The number of amides is 1. The van der Waals surface area contributed by atoms with E-state index in [2.05, 4.69) is 20.3 Å². The first-order chi connectivity index (χ1) is 9.72. The Bertz CT molecular complexity index is 468. The second-order valence-corrected chi connectivity index (χ2v) is 6.01. The summed E-state index contributed by atoms with van der Waals surface area (Å²) in [5, 5.41) is 7.32. The van der Waals surface area contributed by atoms with E-state index in [0.29, 0.717) is 6.04 Å². The van der Waals surface area contributed by atoms with Crippen LogP contribution in [0.5, 0.6) is 0 Å². The lowest BCUT2D eigenvalue weighted by Gasteiger charge is -2.34. The molecule has 0 bridgehead atoms. The maximum atomic E-state index is 12.0. The van der Waals surface area contributed by atoms with E-state index in [1.807, 2.05) is 11.7 Å². The Morgan fingerprint density at radius 3 is 2.90 bits per heavy atom. The van der Waals surface area contributed by atoms with Crippen molar-refractivity contribution in [1.29, 1.82) is 0 Å². The normalized spacial score (nSPS) is 24.4. The second kappa shape index (κ2) is 5.91. The highest BCUT2D eigenvalue weighted by Gasteiger charge is 2.28. The van der Waals surface area contributed by atoms with Crippen LogP contribution in [0.2, 0.25) is 0 Å². The molecule has 1 saturated heterocycles. The molecule has 1 atom stereocenters. The van der Waals surface area contributed by atoms with Crippen LogP contribution in [0, 0.1) is 5.92 Å². The van der Waals surface area contributed by atoms with Crippen LogP contribution in [0.3, 0.4) is 0 Å². The van der Waals surface area contributed by atoms with Crippen LogP contribution in [-0.4, -0.2) is 44.7 Å². The van der Waals surface area contributed by atoms with Crippen molar-refractivity contribution in [2.45, 2.75) is 44.7 Å². The fourth-order valence-electron chi connectivity index (χ4n) is 2.97. The first-order valence-corrected chi connectivity index (χ1v) is 7.58. The number of carbonyl (C=O) groups is 1. The van der Waals surface area contributed by atoms with Crippen LogP contribution < -0.4 is 5.32 Å². The molecule has 3 rings (SSSR count). The maximum Gasteiger partial charge on any atom is 0.223 e. The van der Waals surface area contributed by atoms with Gasteiger partial charge in [0.15, 0.2) is 0 Å². The average Bonchev–Trinajstić information content (AvgIpc) is 2.73. The number of nitrogens with one attached hydrogen (secondary N) is 1.